The quantitative estimate of drug-likeness (QED) is 0.161. The van der Waals surface area contributed by atoms with E-state index in [4.69, 9.17) is 0 Å². The van der Waals surface area contributed by atoms with Gasteiger partial charge in [-0.15, -0.1) is 0 Å². The number of hydrogen-bond donors (Lipinski definition) is 0. The number of rotatable bonds is 6. The van der Waals surface area contributed by atoms with Crippen LogP contribution >= 0.6 is 22.7 Å². The largest absolute Gasteiger partial charge is 0.352 e. The first-order valence-corrected chi connectivity index (χ1v) is 19.8. The van der Waals surface area contributed by atoms with E-state index in [1.807, 2.05) is 6.20 Å². The third kappa shape index (κ3) is 5.60. The smallest absolute Gasteiger partial charge is 0.342 e. The van der Waals surface area contributed by atoms with Crippen molar-refractivity contribution in [3.8, 4) is 0 Å². The summed E-state index contributed by atoms with van der Waals surface area (Å²) in [6, 6.07) is 19.8. The lowest BCUT2D eigenvalue weighted by molar-refractivity contribution is -0.654. The maximum Gasteiger partial charge on any atom is 0.342 e. The van der Waals surface area contributed by atoms with Gasteiger partial charge in [-0.3, -0.25) is 0 Å². The summed E-state index contributed by atoms with van der Waals surface area (Å²) in [6.07, 6.45) is 8.89. The minimum Gasteiger partial charge on any atom is -0.352 e. The lowest BCUT2D eigenvalue weighted by Gasteiger charge is -2.40. The molecule has 2 aromatic carbocycles. The Balaban J connectivity index is 0.000000162. The molecule has 6 aromatic rings. The third-order valence-electron chi connectivity index (χ3n) is 11.0. The molecule has 0 aliphatic carbocycles. The van der Waals surface area contributed by atoms with E-state index in [2.05, 4.69) is 210 Å². The van der Waals surface area contributed by atoms with Crippen molar-refractivity contribution in [3.63, 3.8) is 0 Å². The molecule has 272 valence electrons. The Kier molecular flexibility index (Phi) is 9.02. The summed E-state index contributed by atoms with van der Waals surface area (Å²) in [4.78, 5) is 14.5. The van der Waals surface area contributed by atoms with Gasteiger partial charge >= 0.3 is 10.3 Å². The van der Waals surface area contributed by atoms with Gasteiger partial charge in [0, 0.05) is 36.7 Å². The Labute approximate surface area is 317 Å². The molecule has 2 aliphatic rings. The van der Waals surface area contributed by atoms with Gasteiger partial charge in [-0.25, -0.2) is 14.1 Å². The van der Waals surface area contributed by atoms with Gasteiger partial charge in [0.1, 0.15) is 18.2 Å². The summed E-state index contributed by atoms with van der Waals surface area (Å²) < 4.78 is 8.87. The highest BCUT2D eigenvalue weighted by molar-refractivity contribution is 7.13. The number of para-hydroxylation sites is 4. The Bertz CT molecular complexity index is 2110. The van der Waals surface area contributed by atoms with E-state index >= 15 is 0 Å². The Morgan fingerprint density at radius 3 is 1.48 bits per heavy atom. The monoisotopic (exact) mass is 735 g/mol. The average Bonchev–Trinajstić information content (AvgIpc) is 3.94. The molecular weight excluding hydrogens is 683 g/mol. The zero-order chi connectivity index (χ0) is 37.3. The maximum absolute atomic E-state index is 4.54. The van der Waals surface area contributed by atoms with Crippen molar-refractivity contribution >= 4 is 55.7 Å². The van der Waals surface area contributed by atoms with Crippen molar-refractivity contribution in [3.05, 3.63) is 113 Å². The summed E-state index contributed by atoms with van der Waals surface area (Å²) in [5.74, 6) is 1.04. The van der Waals surface area contributed by atoms with E-state index < -0.39 is 0 Å². The highest BCUT2D eigenvalue weighted by Gasteiger charge is 2.50. The number of aromatic nitrogens is 5. The van der Waals surface area contributed by atoms with Crippen LogP contribution in [0.25, 0.3) is 0 Å². The van der Waals surface area contributed by atoms with Crippen LogP contribution in [0.15, 0.2) is 90.1 Å². The van der Waals surface area contributed by atoms with E-state index in [0.29, 0.717) is 0 Å². The summed E-state index contributed by atoms with van der Waals surface area (Å²) in [5.41, 5.74) is 8.59. The number of nitrogens with zero attached hydrogens (tertiary/aromatic N) is 9. The summed E-state index contributed by atoms with van der Waals surface area (Å²) in [5, 5.41) is 6.79. The van der Waals surface area contributed by atoms with Crippen LogP contribution in [0.1, 0.15) is 64.3 Å². The van der Waals surface area contributed by atoms with Gasteiger partial charge in [0.15, 0.2) is 23.7 Å². The predicted molar refractivity (Wildman–Crippen MR) is 216 cm³/mol. The van der Waals surface area contributed by atoms with Crippen molar-refractivity contribution in [2.45, 2.75) is 78.8 Å². The van der Waals surface area contributed by atoms with Crippen molar-refractivity contribution in [2.75, 3.05) is 19.6 Å². The van der Waals surface area contributed by atoms with Gasteiger partial charge in [-0.1, -0.05) is 46.9 Å². The first kappa shape index (κ1) is 35.8. The molecule has 0 bridgehead atoms. The van der Waals surface area contributed by atoms with Crippen LogP contribution in [0.3, 0.4) is 0 Å². The molecule has 0 saturated heterocycles. The summed E-state index contributed by atoms with van der Waals surface area (Å²) in [6.45, 7) is 18.0. The van der Waals surface area contributed by atoms with Gasteiger partial charge in [-0.2, -0.15) is 9.80 Å². The predicted octanol–water partition coefficient (Wildman–Crippen LogP) is 8.31. The molecule has 0 spiro atoms. The molecule has 4 aromatic heterocycles. The SMILES string of the molecule is Cc1cc(C(C)(C)N2c3ccccc3N(c3scc[n+]3C)[C@H]2C)n(C)c1.Cc1ncc(C(C)(C)N2c3ccccc3N(c3scc[n+]3C)[C@H]2C)n1C. The highest BCUT2D eigenvalue weighted by atomic mass is 32.1. The van der Waals surface area contributed by atoms with E-state index in [9.17, 15) is 0 Å². The minimum absolute atomic E-state index is 0.136. The molecule has 8 rings (SSSR count). The molecule has 0 saturated carbocycles. The maximum atomic E-state index is 4.54. The van der Waals surface area contributed by atoms with E-state index in [0.717, 1.165) is 5.82 Å². The highest BCUT2D eigenvalue weighted by Crippen LogP contribution is 2.51. The van der Waals surface area contributed by atoms with Gasteiger partial charge in [0.25, 0.3) is 0 Å². The average molecular weight is 736 g/mol. The van der Waals surface area contributed by atoms with Crippen LogP contribution in [0.4, 0.5) is 33.0 Å². The molecule has 0 fully saturated rings. The Morgan fingerprint density at radius 2 is 1.12 bits per heavy atom. The molecule has 2 atom stereocenters. The van der Waals surface area contributed by atoms with E-state index in [1.165, 1.54) is 50.0 Å². The molecule has 2 aliphatic heterocycles. The molecule has 6 heterocycles. The Hall–Kier alpha value is -4.61. The lowest BCUT2D eigenvalue weighted by atomic mass is 9.96. The zero-order valence-electron chi connectivity index (χ0n) is 32.7. The van der Waals surface area contributed by atoms with Crippen LogP contribution in [0.5, 0.6) is 0 Å². The van der Waals surface area contributed by atoms with Crippen molar-refractivity contribution in [2.24, 2.45) is 28.2 Å². The molecule has 0 N–H and O–H groups in total. The van der Waals surface area contributed by atoms with Crippen molar-refractivity contribution < 1.29 is 9.13 Å². The topological polar surface area (TPSA) is 43.5 Å². The van der Waals surface area contributed by atoms with Gasteiger partial charge in [0.05, 0.1) is 48.4 Å². The number of fused-ring (bicyclic) bond motifs is 2. The fourth-order valence-corrected chi connectivity index (χ4v) is 10.5. The lowest BCUT2D eigenvalue weighted by Crippen LogP contribution is -2.51. The second-order valence-corrected chi connectivity index (χ2v) is 16.9. The molecule has 52 heavy (non-hydrogen) atoms. The minimum atomic E-state index is -0.198. The number of aryl methyl sites for hydroxylation is 5. The van der Waals surface area contributed by atoms with Crippen LogP contribution in [0, 0.1) is 13.8 Å². The molecule has 0 radical (unpaired) electrons. The first-order chi connectivity index (χ1) is 24.7. The van der Waals surface area contributed by atoms with Gasteiger partial charge in [-0.05, 0) is 91.3 Å². The standard InChI is InChI=1S/C21H27N4S.C20H26N5S/c1-15-13-19(23(6)14-15)21(3,4)25-16(2)24(20-22(5)11-12-26-20)17-9-7-8-10-18(17)25;1-14-21-13-18(23(14)6)20(3,4)25-15(2)24(19-22(5)11-12-26-19)16-9-7-8-10-17(16)25/h7-14,16H,1-6H3;7-13,15H,1-6H3/q2*+1/t16-;15-/m11/s1. The van der Waals surface area contributed by atoms with Crippen LogP contribution < -0.4 is 28.7 Å². The van der Waals surface area contributed by atoms with E-state index in [-0.39, 0.29) is 23.4 Å². The fourth-order valence-electron chi connectivity index (χ4n) is 8.61. The van der Waals surface area contributed by atoms with Crippen LogP contribution in [-0.4, -0.2) is 26.4 Å². The second kappa shape index (κ2) is 13.1. The zero-order valence-corrected chi connectivity index (χ0v) is 34.3. The van der Waals surface area contributed by atoms with Crippen LogP contribution in [0.2, 0.25) is 0 Å². The van der Waals surface area contributed by atoms with Crippen molar-refractivity contribution in [1.29, 1.82) is 0 Å². The Morgan fingerprint density at radius 1 is 0.673 bits per heavy atom. The summed E-state index contributed by atoms with van der Waals surface area (Å²) in [7, 11) is 8.48. The van der Waals surface area contributed by atoms with Gasteiger partial charge < -0.3 is 18.9 Å². The molecule has 0 amide bonds. The van der Waals surface area contributed by atoms with Crippen molar-refractivity contribution in [1.82, 2.24) is 14.1 Å². The van der Waals surface area contributed by atoms with E-state index in [1.54, 1.807) is 22.7 Å². The number of benzene rings is 2. The number of hydrogen-bond acceptors (Lipinski definition) is 7. The fraction of sp³-hybridized carbons (Fsp3) is 0.390. The third-order valence-corrected chi connectivity index (χ3v) is 13.0. The molecular formula is C41H53N9S2+2. The van der Waals surface area contributed by atoms with Gasteiger partial charge in [0.2, 0.25) is 0 Å². The number of thiazole rings is 2. The summed E-state index contributed by atoms with van der Waals surface area (Å²) >= 11 is 3.56. The number of imidazole rings is 1. The van der Waals surface area contributed by atoms with Crippen LogP contribution in [-0.2, 0) is 39.3 Å². The normalized spacial score (nSPS) is 17.1. The number of anilines is 6. The second-order valence-electron chi connectivity index (χ2n) is 15.2. The first-order valence-electron chi connectivity index (χ1n) is 18.0. The molecule has 9 nitrogen and oxygen atoms in total. The molecule has 0 unspecified atom stereocenters. The molecule has 11 heteroatoms.